The number of nitrogens with two attached hydrogens (primary N) is 1. The van der Waals surface area contributed by atoms with Crippen molar-refractivity contribution in [2.75, 3.05) is 13.2 Å². The predicted molar refractivity (Wildman–Crippen MR) is 65.1 cm³/mol. The molecule has 0 bridgehead atoms. The summed E-state index contributed by atoms with van der Waals surface area (Å²) in [6, 6.07) is 6.20. The van der Waals surface area contributed by atoms with E-state index in [1.807, 2.05) is 6.07 Å². The summed E-state index contributed by atoms with van der Waals surface area (Å²) in [7, 11) is 0. The maximum Gasteiger partial charge on any atom is 0.133 e. The molecule has 0 spiro atoms. The van der Waals surface area contributed by atoms with Gasteiger partial charge in [-0.2, -0.15) is 0 Å². The van der Waals surface area contributed by atoms with E-state index in [0.717, 1.165) is 29.2 Å². The quantitative estimate of drug-likeness (QED) is 0.892. The molecule has 0 amide bonds. The molecule has 0 saturated heterocycles. The maximum absolute atomic E-state index is 5.72. The molecule has 15 heavy (non-hydrogen) atoms. The zero-order valence-corrected chi connectivity index (χ0v) is 10.3. The summed E-state index contributed by atoms with van der Waals surface area (Å²) in [5.74, 6) is 1.74. The fourth-order valence-corrected chi connectivity index (χ4v) is 2.02. The van der Waals surface area contributed by atoms with E-state index in [4.69, 9.17) is 10.5 Å². The Morgan fingerprint density at radius 3 is 2.80 bits per heavy atom. The molecule has 3 heteroatoms. The SMILES string of the molecule is NCCc1ccc(OCC2CC2)c(Br)c1. The van der Waals surface area contributed by atoms with E-state index in [1.165, 1.54) is 18.4 Å². The fraction of sp³-hybridized carbons (Fsp3) is 0.500. The summed E-state index contributed by atoms with van der Waals surface area (Å²) in [5, 5.41) is 0. The molecule has 0 atom stereocenters. The van der Waals surface area contributed by atoms with E-state index < -0.39 is 0 Å². The number of hydrogen-bond acceptors (Lipinski definition) is 2. The molecule has 1 aromatic carbocycles. The summed E-state index contributed by atoms with van der Waals surface area (Å²) < 4.78 is 6.75. The molecule has 2 rings (SSSR count). The molecule has 0 aromatic heterocycles. The van der Waals surface area contributed by atoms with Crippen molar-refractivity contribution in [3.8, 4) is 5.75 Å². The van der Waals surface area contributed by atoms with Gasteiger partial charge in [0.1, 0.15) is 5.75 Å². The van der Waals surface area contributed by atoms with Gasteiger partial charge in [-0.25, -0.2) is 0 Å². The van der Waals surface area contributed by atoms with E-state index in [0.29, 0.717) is 6.54 Å². The third-order valence-corrected chi connectivity index (χ3v) is 3.22. The van der Waals surface area contributed by atoms with Crippen LogP contribution in [0.15, 0.2) is 22.7 Å². The van der Waals surface area contributed by atoms with Gasteiger partial charge in [0.05, 0.1) is 11.1 Å². The molecule has 1 saturated carbocycles. The monoisotopic (exact) mass is 269 g/mol. The number of benzene rings is 1. The Morgan fingerprint density at radius 1 is 1.40 bits per heavy atom. The first kappa shape index (κ1) is 11.0. The van der Waals surface area contributed by atoms with Crippen LogP contribution in [0.5, 0.6) is 5.75 Å². The standard InChI is InChI=1S/C12H16BrNO/c13-11-7-9(5-6-14)3-4-12(11)15-8-10-1-2-10/h3-4,7,10H,1-2,5-6,8,14H2. The van der Waals surface area contributed by atoms with E-state index in [1.54, 1.807) is 0 Å². The highest BCUT2D eigenvalue weighted by Crippen LogP contribution is 2.32. The molecule has 1 aliphatic rings. The lowest BCUT2D eigenvalue weighted by Crippen LogP contribution is -2.03. The Kier molecular flexibility index (Phi) is 3.65. The molecule has 0 unspecified atom stereocenters. The second-order valence-electron chi connectivity index (χ2n) is 4.06. The summed E-state index contributed by atoms with van der Waals surface area (Å²) in [4.78, 5) is 0. The van der Waals surface area contributed by atoms with Crippen molar-refractivity contribution in [1.82, 2.24) is 0 Å². The summed E-state index contributed by atoms with van der Waals surface area (Å²) in [6.45, 7) is 1.55. The number of rotatable bonds is 5. The van der Waals surface area contributed by atoms with Crippen molar-refractivity contribution >= 4 is 15.9 Å². The molecule has 2 nitrogen and oxygen atoms in total. The van der Waals surface area contributed by atoms with E-state index >= 15 is 0 Å². The summed E-state index contributed by atoms with van der Waals surface area (Å²) >= 11 is 3.52. The number of hydrogen-bond donors (Lipinski definition) is 1. The molecule has 82 valence electrons. The average molecular weight is 270 g/mol. The summed E-state index contributed by atoms with van der Waals surface area (Å²) in [5.41, 5.74) is 6.76. The number of halogens is 1. The first-order valence-corrected chi connectivity index (χ1v) is 6.20. The van der Waals surface area contributed by atoms with E-state index in [-0.39, 0.29) is 0 Å². The molecule has 1 aromatic rings. The normalized spacial score (nSPS) is 15.3. The molecule has 0 aliphatic heterocycles. The highest BCUT2D eigenvalue weighted by Gasteiger charge is 2.22. The van der Waals surface area contributed by atoms with Crippen molar-refractivity contribution in [3.05, 3.63) is 28.2 Å². The van der Waals surface area contributed by atoms with Crippen molar-refractivity contribution in [3.63, 3.8) is 0 Å². The highest BCUT2D eigenvalue weighted by molar-refractivity contribution is 9.10. The van der Waals surface area contributed by atoms with Crippen molar-refractivity contribution in [2.45, 2.75) is 19.3 Å². The van der Waals surface area contributed by atoms with Crippen LogP contribution in [-0.2, 0) is 6.42 Å². The minimum Gasteiger partial charge on any atom is -0.492 e. The van der Waals surface area contributed by atoms with Crippen LogP contribution in [0.2, 0.25) is 0 Å². The van der Waals surface area contributed by atoms with Crippen LogP contribution < -0.4 is 10.5 Å². The number of ether oxygens (including phenoxy) is 1. The van der Waals surface area contributed by atoms with Crippen molar-refractivity contribution in [2.24, 2.45) is 11.7 Å². The van der Waals surface area contributed by atoms with Gasteiger partial charge in [-0.15, -0.1) is 0 Å². The second-order valence-corrected chi connectivity index (χ2v) is 4.91. The van der Waals surface area contributed by atoms with Gasteiger partial charge >= 0.3 is 0 Å². The topological polar surface area (TPSA) is 35.2 Å². The fourth-order valence-electron chi connectivity index (χ4n) is 1.48. The van der Waals surface area contributed by atoms with Gasteiger partial charge in [-0.05, 0) is 65.4 Å². The van der Waals surface area contributed by atoms with Crippen LogP contribution in [0.3, 0.4) is 0 Å². The first-order chi connectivity index (χ1) is 7.29. The largest absolute Gasteiger partial charge is 0.492 e. The molecule has 1 fully saturated rings. The molecule has 0 radical (unpaired) electrons. The van der Waals surface area contributed by atoms with Gasteiger partial charge < -0.3 is 10.5 Å². The van der Waals surface area contributed by atoms with Gasteiger partial charge in [0, 0.05) is 0 Å². The maximum atomic E-state index is 5.72. The van der Waals surface area contributed by atoms with Gasteiger partial charge in [0.2, 0.25) is 0 Å². The lowest BCUT2D eigenvalue weighted by Gasteiger charge is -2.08. The van der Waals surface area contributed by atoms with Crippen LogP contribution in [0.1, 0.15) is 18.4 Å². The van der Waals surface area contributed by atoms with Crippen LogP contribution in [0.25, 0.3) is 0 Å². The second kappa shape index (κ2) is 4.99. The first-order valence-electron chi connectivity index (χ1n) is 5.41. The van der Waals surface area contributed by atoms with Gasteiger partial charge in [0.25, 0.3) is 0 Å². The Bertz CT molecular complexity index is 336. The smallest absolute Gasteiger partial charge is 0.133 e. The van der Waals surface area contributed by atoms with Gasteiger partial charge in [0.15, 0.2) is 0 Å². The van der Waals surface area contributed by atoms with Crippen LogP contribution >= 0.6 is 15.9 Å². The third kappa shape index (κ3) is 3.21. The Morgan fingerprint density at radius 2 is 2.20 bits per heavy atom. The Balaban J connectivity index is 1.97. The molecule has 0 heterocycles. The zero-order valence-electron chi connectivity index (χ0n) is 8.71. The van der Waals surface area contributed by atoms with E-state index in [9.17, 15) is 0 Å². The summed E-state index contributed by atoms with van der Waals surface area (Å²) in [6.07, 6.45) is 3.56. The molecule has 2 N–H and O–H groups in total. The minimum absolute atomic E-state index is 0.689. The molecular formula is C12H16BrNO. The lowest BCUT2D eigenvalue weighted by atomic mass is 10.1. The molecule has 1 aliphatic carbocycles. The van der Waals surface area contributed by atoms with E-state index in [2.05, 4.69) is 28.1 Å². The zero-order chi connectivity index (χ0) is 10.7. The highest BCUT2D eigenvalue weighted by atomic mass is 79.9. The van der Waals surface area contributed by atoms with Crippen LogP contribution in [0.4, 0.5) is 0 Å². The lowest BCUT2D eigenvalue weighted by molar-refractivity contribution is 0.298. The Labute approximate surface area is 98.9 Å². The van der Waals surface area contributed by atoms with Crippen LogP contribution in [0, 0.1) is 5.92 Å². The van der Waals surface area contributed by atoms with Gasteiger partial charge in [-0.3, -0.25) is 0 Å². The average Bonchev–Trinajstić information content (AvgIpc) is 3.01. The van der Waals surface area contributed by atoms with Gasteiger partial charge in [-0.1, -0.05) is 6.07 Å². The minimum atomic E-state index is 0.689. The molecular weight excluding hydrogens is 254 g/mol. The Hall–Kier alpha value is -0.540. The van der Waals surface area contributed by atoms with Crippen LogP contribution in [-0.4, -0.2) is 13.2 Å². The predicted octanol–water partition coefficient (Wildman–Crippen LogP) is 2.74. The van der Waals surface area contributed by atoms with Crippen molar-refractivity contribution in [1.29, 1.82) is 0 Å². The third-order valence-electron chi connectivity index (χ3n) is 2.60. The van der Waals surface area contributed by atoms with Crippen molar-refractivity contribution < 1.29 is 4.74 Å².